The van der Waals surface area contributed by atoms with Crippen molar-refractivity contribution in [1.29, 1.82) is 0 Å². The van der Waals surface area contributed by atoms with Gasteiger partial charge in [-0.3, -0.25) is 19.4 Å². The predicted molar refractivity (Wildman–Crippen MR) is 108 cm³/mol. The van der Waals surface area contributed by atoms with Crippen LogP contribution in [0.25, 0.3) is 0 Å². The highest BCUT2D eigenvalue weighted by Crippen LogP contribution is 2.22. The summed E-state index contributed by atoms with van der Waals surface area (Å²) < 4.78 is 13.9. The Morgan fingerprint density at radius 2 is 2.00 bits per heavy atom. The molecule has 0 saturated carbocycles. The van der Waals surface area contributed by atoms with Crippen molar-refractivity contribution in [2.24, 2.45) is 0 Å². The molecule has 1 saturated heterocycles. The van der Waals surface area contributed by atoms with Gasteiger partial charge in [0, 0.05) is 56.6 Å². The van der Waals surface area contributed by atoms with Gasteiger partial charge in [0.15, 0.2) is 5.13 Å². The molecule has 1 aromatic carbocycles. The minimum atomic E-state index is -0.558. The van der Waals surface area contributed by atoms with Crippen LogP contribution in [0.1, 0.15) is 29.9 Å². The fourth-order valence-corrected chi connectivity index (χ4v) is 4.25. The molecule has 0 radical (unpaired) electrons. The average Bonchev–Trinajstić information content (AvgIpc) is 3.12. The Balaban J connectivity index is 1.57. The van der Waals surface area contributed by atoms with Crippen LogP contribution in [-0.2, 0) is 11.3 Å². The zero-order chi connectivity index (χ0) is 20.3. The molecule has 0 N–H and O–H groups in total. The number of halogens is 2. The van der Waals surface area contributed by atoms with Gasteiger partial charge in [-0.1, -0.05) is 11.6 Å². The fourth-order valence-electron chi connectivity index (χ4n) is 3.16. The molecule has 150 valence electrons. The van der Waals surface area contributed by atoms with E-state index in [9.17, 15) is 14.0 Å². The third-order valence-corrected chi connectivity index (χ3v) is 5.82. The van der Waals surface area contributed by atoms with E-state index in [2.05, 4.69) is 9.88 Å². The Kier molecular flexibility index (Phi) is 6.64. The quantitative estimate of drug-likeness (QED) is 0.739. The number of carbonyl (C=O) groups is 2. The van der Waals surface area contributed by atoms with E-state index in [0.29, 0.717) is 49.4 Å². The molecule has 1 aromatic heterocycles. The molecule has 6 nitrogen and oxygen atoms in total. The summed E-state index contributed by atoms with van der Waals surface area (Å²) in [6.45, 7) is 7.05. The first-order valence-corrected chi connectivity index (χ1v) is 10.3. The monoisotopic (exact) mass is 424 g/mol. The van der Waals surface area contributed by atoms with E-state index >= 15 is 0 Å². The minimum Gasteiger partial charge on any atom is -0.336 e. The first-order chi connectivity index (χ1) is 13.4. The average molecular weight is 425 g/mol. The number of amides is 2. The fraction of sp³-hybridized carbons (Fsp3) is 0.421. The van der Waals surface area contributed by atoms with Gasteiger partial charge in [-0.05, 0) is 25.1 Å². The van der Waals surface area contributed by atoms with Crippen molar-refractivity contribution in [3.05, 3.63) is 45.7 Å². The molecule has 2 amide bonds. The molecule has 1 fully saturated rings. The van der Waals surface area contributed by atoms with Crippen molar-refractivity contribution < 1.29 is 14.0 Å². The molecule has 0 bridgehead atoms. The lowest BCUT2D eigenvalue weighted by molar-refractivity contribution is -0.116. The zero-order valence-electron chi connectivity index (χ0n) is 15.8. The molecule has 1 aliphatic rings. The summed E-state index contributed by atoms with van der Waals surface area (Å²) in [5.41, 5.74) is 0.911. The minimum absolute atomic E-state index is 0.00832. The van der Waals surface area contributed by atoms with E-state index in [1.54, 1.807) is 9.80 Å². The number of benzene rings is 1. The molecule has 0 spiro atoms. The summed E-state index contributed by atoms with van der Waals surface area (Å²) in [7, 11) is 0. The maximum absolute atomic E-state index is 13.9. The van der Waals surface area contributed by atoms with Gasteiger partial charge in [0.05, 0.1) is 11.3 Å². The van der Waals surface area contributed by atoms with Gasteiger partial charge in [0.1, 0.15) is 5.82 Å². The lowest BCUT2D eigenvalue weighted by atomic mass is 10.1. The van der Waals surface area contributed by atoms with Crippen molar-refractivity contribution in [1.82, 2.24) is 14.8 Å². The van der Waals surface area contributed by atoms with Crippen molar-refractivity contribution in [2.45, 2.75) is 20.4 Å². The molecule has 1 aliphatic heterocycles. The molecule has 3 rings (SSSR count). The summed E-state index contributed by atoms with van der Waals surface area (Å²) in [6, 6.07) is 4.02. The lowest BCUT2D eigenvalue weighted by Gasteiger charge is -2.34. The number of aromatic nitrogens is 1. The second-order valence-electron chi connectivity index (χ2n) is 6.58. The van der Waals surface area contributed by atoms with Crippen LogP contribution in [0.2, 0.25) is 5.02 Å². The smallest absolute Gasteiger partial charge is 0.256 e. The molecular weight excluding hydrogens is 403 g/mol. The summed E-state index contributed by atoms with van der Waals surface area (Å²) in [5.74, 6) is -0.919. The summed E-state index contributed by atoms with van der Waals surface area (Å²) in [5, 5.41) is 3.00. The first-order valence-electron chi connectivity index (χ1n) is 9.08. The van der Waals surface area contributed by atoms with Crippen LogP contribution in [0, 0.1) is 5.82 Å². The molecule has 28 heavy (non-hydrogen) atoms. The Morgan fingerprint density at radius 3 is 2.64 bits per heavy atom. The number of thiazole rings is 1. The molecule has 0 unspecified atom stereocenters. The van der Waals surface area contributed by atoms with Crippen LogP contribution in [0.3, 0.4) is 0 Å². The largest absolute Gasteiger partial charge is 0.336 e. The van der Waals surface area contributed by atoms with Crippen molar-refractivity contribution in [2.75, 3.05) is 37.6 Å². The highest BCUT2D eigenvalue weighted by molar-refractivity contribution is 7.14. The number of anilines is 1. The second-order valence-corrected chi connectivity index (χ2v) is 7.85. The standard InChI is InChI=1S/C19H22ClFN4O2S/c1-3-25(13(2)26)19-22-15(12-28-19)11-23-6-8-24(9-7-23)18(27)16-10-14(20)4-5-17(16)21/h4-5,10,12H,3,6-9,11H2,1-2H3. The van der Waals surface area contributed by atoms with Crippen LogP contribution < -0.4 is 4.90 Å². The molecule has 0 aliphatic carbocycles. The van der Waals surface area contributed by atoms with E-state index < -0.39 is 5.82 Å². The van der Waals surface area contributed by atoms with Gasteiger partial charge < -0.3 is 4.90 Å². The van der Waals surface area contributed by atoms with Gasteiger partial charge in [-0.2, -0.15) is 0 Å². The van der Waals surface area contributed by atoms with E-state index in [1.165, 1.54) is 36.5 Å². The van der Waals surface area contributed by atoms with E-state index in [1.807, 2.05) is 12.3 Å². The van der Waals surface area contributed by atoms with Crippen LogP contribution in [0.4, 0.5) is 9.52 Å². The number of nitrogens with zero attached hydrogens (tertiary/aromatic N) is 4. The van der Waals surface area contributed by atoms with Crippen molar-refractivity contribution >= 4 is 39.9 Å². The maximum Gasteiger partial charge on any atom is 0.256 e. The van der Waals surface area contributed by atoms with Gasteiger partial charge in [-0.15, -0.1) is 11.3 Å². The summed E-state index contributed by atoms with van der Waals surface area (Å²) in [4.78, 5) is 34.3. The van der Waals surface area contributed by atoms with Crippen LogP contribution in [0.5, 0.6) is 0 Å². The normalized spacial score (nSPS) is 14.9. The molecule has 2 aromatic rings. The van der Waals surface area contributed by atoms with E-state index in [4.69, 9.17) is 11.6 Å². The first kappa shape index (κ1) is 20.7. The van der Waals surface area contributed by atoms with Crippen LogP contribution in [-0.4, -0.2) is 59.3 Å². The van der Waals surface area contributed by atoms with Gasteiger partial charge in [-0.25, -0.2) is 9.37 Å². The Hall–Kier alpha value is -2.03. The van der Waals surface area contributed by atoms with Crippen molar-refractivity contribution in [3.63, 3.8) is 0 Å². The van der Waals surface area contributed by atoms with Gasteiger partial charge >= 0.3 is 0 Å². The second kappa shape index (κ2) is 8.98. The highest BCUT2D eigenvalue weighted by Gasteiger charge is 2.25. The molecular formula is C19H22ClFN4O2S. The number of hydrogen-bond donors (Lipinski definition) is 0. The number of piperazine rings is 1. The number of rotatable bonds is 5. The van der Waals surface area contributed by atoms with Crippen LogP contribution >= 0.6 is 22.9 Å². The van der Waals surface area contributed by atoms with E-state index in [-0.39, 0.29) is 17.4 Å². The third kappa shape index (κ3) is 4.68. The topological polar surface area (TPSA) is 56.8 Å². The highest BCUT2D eigenvalue weighted by atomic mass is 35.5. The Morgan fingerprint density at radius 1 is 1.29 bits per heavy atom. The zero-order valence-corrected chi connectivity index (χ0v) is 17.4. The SMILES string of the molecule is CCN(C(C)=O)c1nc(CN2CCN(C(=O)c3cc(Cl)ccc3F)CC2)cs1. The maximum atomic E-state index is 13.9. The van der Waals surface area contributed by atoms with Crippen LogP contribution in [0.15, 0.2) is 23.6 Å². The Labute approximate surface area is 172 Å². The number of carbonyl (C=O) groups excluding carboxylic acids is 2. The predicted octanol–water partition coefficient (Wildman–Crippen LogP) is 3.27. The van der Waals surface area contributed by atoms with Gasteiger partial charge in [0.25, 0.3) is 5.91 Å². The molecule has 9 heteroatoms. The Bertz CT molecular complexity index is 867. The third-order valence-electron chi connectivity index (χ3n) is 4.67. The van der Waals surface area contributed by atoms with E-state index in [0.717, 1.165) is 5.69 Å². The summed E-state index contributed by atoms with van der Waals surface area (Å²) in [6.07, 6.45) is 0. The van der Waals surface area contributed by atoms with Crippen molar-refractivity contribution in [3.8, 4) is 0 Å². The molecule has 0 atom stereocenters. The number of hydrogen-bond acceptors (Lipinski definition) is 5. The van der Waals surface area contributed by atoms with Gasteiger partial charge in [0.2, 0.25) is 5.91 Å². The lowest BCUT2D eigenvalue weighted by Crippen LogP contribution is -2.48. The molecule has 2 heterocycles. The summed E-state index contributed by atoms with van der Waals surface area (Å²) >= 11 is 7.34.